The maximum absolute atomic E-state index is 13.0. The smallest absolute Gasteiger partial charge is 0.332 e. The third kappa shape index (κ3) is 7.64. The van der Waals surface area contributed by atoms with Gasteiger partial charge in [-0.2, -0.15) is 0 Å². The molecule has 3 amide bonds. The molecular weight excluding hydrogens is 648 g/mol. The molecule has 0 radical (unpaired) electrons. The molecule has 4 heterocycles. The van der Waals surface area contributed by atoms with Crippen molar-refractivity contribution in [3.05, 3.63) is 103 Å². The Bertz CT molecular complexity index is 1740. The average molecular weight is 673 g/mol. The lowest BCUT2D eigenvalue weighted by atomic mass is 10.2. The van der Waals surface area contributed by atoms with Crippen molar-refractivity contribution < 1.29 is 58.6 Å². The zero-order valence-electron chi connectivity index (χ0n) is 24.1. The number of hydrogen-bond acceptors (Lipinski definition) is 15. The van der Waals surface area contributed by atoms with Gasteiger partial charge in [-0.05, 0) is 18.2 Å². The average Bonchev–Trinajstić information content (AvgIpc) is 3.05. The van der Waals surface area contributed by atoms with Crippen LogP contribution in [0, 0.1) is 0 Å². The fourth-order valence-corrected chi connectivity index (χ4v) is 3.96. The fraction of sp³-hybridized carbons (Fsp3) is 0.222. The van der Waals surface area contributed by atoms with E-state index in [9.17, 15) is 58.8 Å². The molecule has 21 nitrogen and oxygen atoms in total. The number of cyclic esters (lactones) is 3. The molecule has 6 N–H and O–H groups in total. The molecule has 1 aliphatic rings. The number of rotatable bonds is 6. The number of pyridine rings is 3. The molecule has 3 aromatic rings. The number of nitrogens with one attached hydrogen (secondary N) is 3. The van der Waals surface area contributed by atoms with Gasteiger partial charge in [0.15, 0.2) is 18.1 Å². The lowest BCUT2D eigenvalue weighted by Gasteiger charge is -2.25. The van der Waals surface area contributed by atoms with Crippen molar-refractivity contribution in [2.75, 3.05) is 19.8 Å². The van der Waals surface area contributed by atoms with Crippen molar-refractivity contribution in [2.24, 2.45) is 0 Å². The maximum atomic E-state index is 13.0. The van der Waals surface area contributed by atoms with E-state index in [1.807, 2.05) is 0 Å². The summed E-state index contributed by atoms with van der Waals surface area (Å²) in [5.74, 6) is -7.82. The summed E-state index contributed by atoms with van der Waals surface area (Å²) < 4.78 is 15.0. The van der Waals surface area contributed by atoms with Crippen LogP contribution in [0.25, 0.3) is 0 Å². The Morgan fingerprint density at radius 2 is 0.750 bits per heavy atom. The minimum atomic E-state index is -1.90. The van der Waals surface area contributed by atoms with E-state index >= 15 is 0 Å². The van der Waals surface area contributed by atoms with Crippen LogP contribution >= 0.6 is 0 Å². The van der Waals surface area contributed by atoms with Gasteiger partial charge in [0.05, 0.1) is 0 Å². The van der Waals surface area contributed by atoms with Gasteiger partial charge < -0.3 is 45.8 Å². The summed E-state index contributed by atoms with van der Waals surface area (Å²) in [5, 5.41) is 36.0. The first-order chi connectivity index (χ1) is 22.8. The predicted molar refractivity (Wildman–Crippen MR) is 150 cm³/mol. The first-order valence-corrected chi connectivity index (χ1v) is 13.4. The van der Waals surface area contributed by atoms with Crippen LogP contribution in [0.5, 0.6) is 0 Å². The highest BCUT2D eigenvalue weighted by atomic mass is 16.6. The first-order valence-electron chi connectivity index (χ1n) is 13.4. The zero-order chi connectivity index (χ0) is 35.1. The second-order valence-electron chi connectivity index (χ2n) is 9.65. The highest BCUT2D eigenvalue weighted by molar-refractivity contribution is 5.97. The Labute approximate surface area is 265 Å². The standard InChI is InChI=1S/C27H24N6O15/c34-19-7-1-4-16(31(19)43)22(37)28-13-10-46-26(41)15(30-24(39)18-6-3-9-21(36)33(18)45)12-48-27(42)14(11-47-25(13)40)29-23(38)17-5-2-8-20(35)32(17)44/h1-9,13-15,43-45H,10-12H2,(H,28,37)(H,29,38)(H,30,39)/t13-,14-,15-/m0/s1. The van der Waals surface area contributed by atoms with Crippen molar-refractivity contribution in [2.45, 2.75) is 18.1 Å². The van der Waals surface area contributed by atoms with Crippen LogP contribution in [0.3, 0.4) is 0 Å². The van der Waals surface area contributed by atoms with E-state index in [0.29, 0.717) is 0 Å². The molecule has 48 heavy (non-hydrogen) atoms. The second-order valence-corrected chi connectivity index (χ2v) is 9.65. The summed E-state index contributed by atoms with van der Waals surface area (Å²) >= 11 is 0. The van der Waals surface area contributed by atoms with Crippen LogP contribution in [0.4, 0.5) is 0 Å². The molecule has 3 atom stereocenters. The molecule has 0 spiro atoms. The van der Waals surface area contributed by atoms with Gasteiger partial charge >= 0.3 is 17.9 Å². The molecule has 1 aliphatic heterocycles. The molecule has 1 saturated heterocycles. The van der Waals surface area contributed by atoms with Gasteiger partial charge in [-0.3, -0.25) is 28.8 Å². The number of ether oxygens (including phenoxy) is 3. The molecule has 3 aromatic heterocycles. The third-order valence-corrected chi connectivity index (χ3v) is 6.43. The number of carbonyl (C=O) groups is 6. The number of amides is 3. The number of esters is 3. The van der Waals surface area contributed by atoms with E-state index in [4.69, 9.17) is 14.2 Å². The van der Waals surface area contributed by atoms with Crippen molar-refractivity contribution in [3.8, 4) is 0 Å². The van der Waals surface area contributed by atoms with Crippen LogP contribution in [-0.4, -0.2) is 103 Å². The molecule has 4 rings (SSSR count). The number of aromatic nitrogens is 3. The maximum Gasteiger partial charge on any atom is 0.332 e. The normalized spacial score (nSPS) is 18.5. The monoisotopic (exact) mass is 672 g/mol. The molecule has 252 valence electrons. The Kier molecular flexibility index (Phi) is 10.2. The van der Waals surface area contributed by atoms with Crippen LogP contribution in [0.15, 0.2) is 69.0 Å². The Morgan fingerprint density at radius 3 is 1.00 bits per heavy atom. The minimum absolute atomic E-state index is 0.0378. The Balaban J connectivity index is 1.64. The van der Waals surface area contributed by atoms with E-state index in [2.05, 4.69) is 16.0 Å². The Morgan fingerprint density at radius 1 is 0.500 bits per heavy atom. The first kappa shape index (κ1) is 34.0. The van der Waals surface area contributed by atoms with E-state index in [0.717, 1.165) is 54.6 Å². The molecular formula is C27H24N6O15. The van der Waals surface area contributed by atoms with Gasteiger partial charge in [0, 0.05) is 18.2 Å². The van der Waals surface area contributed by atoms with Crippen LogP contribution in [0.1, 0.15) is 31.5 Å². The molecule has 0 saturated carbocycles. The molecule has 0 aliphatic carbocycles. The lowest BCUT2D eigenvalue weighted by Crippen LogP contribution is -2.53. The minimum Gasteiger partial charge on any atom is -0.461 e. The summed E-state index contributed by atoms with van der Waals surface area (Å²) in [5.41, 5.74) is -4.98. The van der Waals surface area contributed by atoms with Gasteiger partial charge in [0.25, 0.3) is 34.4 Å². The predicted octanol–water partition coefficient (Wildman–Crippen LogP) is -3.78. The molecule has 0 unspecified atom stereocenters. The molecule has 21 heteroatoms. The highest BCUT2D eigenvalue weighted by Gasteiger charge is 2.34. The van der Waals surface area contributed by atoms with E-state index < -0.39 is 107 Å². The van der Waals surface area contributed by atoms with E-state index in [1.54, 1.807) is 0 Å². The van der Waals surface area contributed by atoms with Gasteiger partial charge in [0.1, 0.15) is 36.9 Å². The quantitative estimate of drug-likeness (QED) is 0.0832. The fourth-order valence-electron chi connectivity index (χ4n) is 3.96. The molecule has 0 aromatic carbocycles. The van der Waals surface area contributed by atoms with Crippen LogP contribution in [-0.2, 0) is 28.6 Å². The summed E-state index contributed by atoms with van der Waals surface area (Å²) in [4.78, 5) is 113. The van der Waals surface area contributed by atoms with Gasteiger partial charge in [-0.1, -0.05) is 18.2 Å². The Hall–Kier alpha value is -6.93. The van der Waals surface area contributed by atoms with Crippen molar-refractivity contribution in [1.29, 1.82) is 0 Å². The topological polar surface area (TPSA) is 293 Å². The van der Waals surface area contributed by atoms with Crippen molar-refractivity contribution >= 4 is 35.6 Å². The SMILES string of the molecule is O=C(N[C@H]1COC(=O)[C@@H](NC(=O)c2cccc(=O)n2O)COC(=O)[C@@H](NC(=O)c2cccc(=O)n2O)COC1=O)c1cccc(=O)n1O. The zero-order valence-corrected chi connectivity index (χ0v) is 24.1. The van der Waals surface area contributed by atoms with Gasteiger partial charge in [0.2, 0.25) is 0 Å². The van der Waals surface area contributed by atoms with Crippen molar-refractivity contribution in [3.63, 3.8) is 0 Å². The van der Waals surface area contributed by atoms with Crippen molar-refractivity contribution in [1.82, 2.24) is 30.1 Å². The largest absolute Gasteiger partial charge is 0.461 e. The van der Waals surface area contributed by atoms with Crippen LogP contribution < -0.4 is 32.6 Å². The highest BCUT2D eigenvalue weighted by Crippen LogP contribution is 2.06. The third-order valence-electron chi connectivity index (χ3n) is 6.43. The van der Waals surface area contributed by atoms with Crippen LogP contribution in [0.2, 0.25) is 0 Å². The number of carbonyl (C=O) groups excluding carboxylic acids is 6. The second kappa shape index (κ2) is 14.4. The summed E-state index contributed by atoms with van der Waals surface area (Å²) in [6.07, 6.45) is 0. The summed E-state index contributed by atoms with van der Waals surface area (Å²) in [7, 11) is 0. The van der Waals surface area contributed by atoms with Gasteiger partial charge in [-0.15, -0.1) is 14.2 Å². The molecule has 1 fully saturated rings. The van der Waals surface area contributed by atoms with Gasteiger partial charge in [-0.25, -0.2) is 14.4 Å². The van der Waals surface area contributed by atoms with E-state index in [1.165, 1.54) is 0 Å². The van der Waals surface area contributed by atoms with E-state index in [-0.39, 0.29) is 14.2 Å². The summed E-state index contributed by atoms with van der Waals surface area (Å²) in [6, 6.07) is 3.44. The number of nitrogens with zero attached hydrogens (tertiary/aromatic N) is 3. The summed E-state index contributed by atoms with van der Waals surface area (Å²) in [6.45, 7) is -3.00. The lowest BCUT2D eigenvalue weighted by molar-refractivity contribution is -0.160. The molecule has 0 bridgehead atoms. The number of hydrogen-bond donors (Lipinski definition) is 6.